The first-order chi connectivity index (χ1) is 13.0. The lowest BCUT2D eigenvalue weighted by Gasteiger charge is -2.42. The summed E-state index contributed by atoms with van der Waals surface area (Å²) in [6.07, 6.45) is 2.21. The van der Waals surface area contributed by atoms with Crippen molar-refractivity contribution < 1.29 is 14.7 Å². The summed E-state index contributed by atoms with van der Waals surface area (Å²) < 4.78 is 0. The zero-order valence-electron chi connectivity index (χ0n) is 17.3. The molecule has 0 saturated heterocycles. The van der Waals surface area contributed by atoms with Crippen molar-refractivity contribution >= 4 is 17.6 Å². The number of benzene rings is 2. The second kappa shape index (κ2) is 7.08. The van der Waals surface area contributed by atoms with E-state index in [0.717, 1.165) is 18.4 Å². The summed E-state index contributed by atoms with van der Waals surface area (Å²) in [5.74, 6) is -1.00. The van der Waals surface area contributed by atoms with Crippen LogP contribution in [-0.2, 0) is 22.0 Å². The Hall–Kier alpha value is -2.62. The highest BCUT2D eigenvalue weighted by atomic mass is 16.4. The molecule has 0 radical (unpaired) electrons. The van der Waals surface area contributed by atoms with Gasteiger partial charge >= 0.3 is 5.97 Å². The third-order valence-electron chi connectivity index (χ3n) is 6.01. The number of carbonyl (C=O) groups excluding carboxylic acids is 1. The van der Waals surface area contributed by atoms with Gasteiger partial charge in [-0.1, -0.05) is 45.9 Å². The van der Waals surface area contributed by atoms with E-state index in [9.17, 15) is 9.59 Å². The Morgan fingerprint density at radius 3 is 2.04 bits per heavy atom. The van der Waals surface area contributed by atoms with Crippen molar-refractivity contribution in [2.45, 2.75) is 64.7 Å². The standard InChI is InChI=1S/C24H29NO3/c1-15-12-19-20(24(4,5)11-10-23(19,2)3)14-18(15)22(28)25-17-8-6-16(7-9-17)13-21(26)27/h6-9,12,14H,10-11,13H2,1-5H3,(H,25,28)(H,26,27). The number of hydrogen-bond donors (Lipinski definition) is 2. The van der Waals surface area contributed by atoms with Crippen LogP contribution in [0.2, 0.25) is 0 Å². The van der Waals surface area contributed by atoms with Crippen LogP contribution in [0.5, 0.6) is 0 Å². The van der Waals surface area contributed by atoms with Crippen LogP contribution in [0, 0.1) is 6.92 Å². The van der Waals surface area contributed by atoms with Crippen LogP contribution in [0.25, 0.3) is 0 Å². The normalized spacial score (nSPS) is 16.9. The average Bonchev–Trinajstić information content (AvgIpc) is 2.60. The summed E-state index contributed by atoms with van der Waals surface area (Å²) in [7, 11) is 0. The van der Waals surface area contributed by atoms with Crippen molar-refractivity contribution in [2.75, 3.05) is 5.32 Å². The minimum Gasteiger partial charge on any atom is -0.481 e. The minimum absolute atomic E-state index is 0.0248. The number of carboxylic acid groups (broad SMARTS) is 1. The molecule has 2 N–H and O–H groups in total. The maximum Gasteiger partial charge on any atom is 0.307 e. The molecule has 0 unspecified atom stereocenters. The van der Waals surface area contributed by atoms with Gasteiger partial charge in [0.1, 0.15) is 0 Å². The summed E-state index contributed by atoms with van der Waals surface area (Å²) in [6.45, 7) is 11.0. The molecule has 1 amide bonds. The van der Waals surface area contributed by atoms with Gasteiger partial charge < -0.3 is 10.4 Å². The van der Waals surface area contributed by atoms with E-state index >= 15 is 0 Å². The number of fused-ring (bicyclic) bond motifs is 1. The van der Waals surface area contributed by atoms with Crippen molar-refractivity contribution in [1.29, 1.82) is 0 Å². The average molecular weight is 380 g/mol. The molecular weight excluding hydrogens is 350 g/mol. The molecule has 2 aromatic rings. The highest BCUT2D eigenvalue weighted by Gasteiger charge is 2.37. The van der Waals surface area contributed by atoms with Crippen molar-refractivity contribution in [2.24, 2.45) is 0 Å². The lowest BCUT2D eigenvalue weighted by Crippen LogP contribution is -2.34. The molecule has 28 heavy (non-hydrogen) atoms. The lowest BCUT2D eigenvalue weighted by atomic mass is 9.62. The van der Waals surface area contributed by atoms with Gasteiger partial charge in [0, 0.05) is 11.3 Å². The third kappa shape index (κ3) is 3.96. The van der Waals surface area contributed by atoms with Crippen molar-refractivity contribution in [3.05, 3.63) is 64.2 Å². The molecule has 1 aliphatic rings. The Balaban J connectivity index is 1.89. The van der Waals surface area contributed by atoms with Gasteiger partial charge in [-0.3, -0.25) is 9.59 Å². The van der Waals surface area contributed by atoms with Gasteiger partial charge in [0.15, 0.2) is 0 Å². The third-order valence-corrected chi connectivity index (χ3v) is 6.01. The van der Waals surface area contributed by atoms with Crippen LogP contribution in [0.15, 0.2) is 36.4 Å². The molecule has 0 bridgehead atoms. The summed E-state index contributed by atoms with van der Waals surface area (Å²) in [5.41, 5.74) is 5.81. The summed E-state index contributed by atoms with van der Waals surface area (Å²) in [6, 6.07) is 11.2. The Kier molecular flexibility index (Phi) is 5.09. The molecule has 0 fully saturated rings. The summed E-state index contributed by atoms with van der Waals surface area (Å²) in [5, 5.41) is 11.8. The minimum atomic E-state index is -0.869. The van der Waals surface area contributed by atoms with Gasteiger partial charge in [0.05, 0.1) is 6.42 Å². The van der Waals surface area contributed by atoms with Crippen molar-refractivity contribution in [1.82, 2.24) is 0 Å². The summed E-state index contributed by atoms with van der Waals surface area (Å²) >= 11 is 0. The quantitative estimate of drug-likeness (QED) is 0.765. The van der Waals surface area contributed by atoms with Crippen molar-refractivity contribution in [3.63, 3.8) is 0 Å². The first-order valence-corrected chi connectivity index (χ1v) is 9.77. The first-order valence-electron chi connectivity index (χ1n) is 9.77. The Morgan fingerprint density at radius 1 is 0.964 bits per heavy atom. The molecule has 0 heterocycles. The number of carboxylic acids is 1. The van der Waals surface area contributed by atoms with Gasteiger partial charge in [0.25, 0.3) is 5.91 Å². The number of rotatable bonds is 4. The van der Waals surface area contributed by atoms with Crippen LogP contribution in [0.3, 0.4) is 0 Å². The van der Waals surface area contributed by atoms with Crippen LogP contribution >= 0.6 is 0 Å². The monoisotopic (exact) mass is 379 g/mol. The molecule has 1 aliphatic carbocycles. The Bertz CT molecular complexity index is 924. The van der Waals surface area contributed by atoms with E-state index in [0.29, 0.717) is 16.8 Å². The zero-order chi connectivity index (χ0) is 20.7. The van der Waals surface area contributed by atoms with Crippen LogP contribution in [-0.4, -0.2) is 17.0 Å². The maximum absolute atomic E-state index is 13.0. The molecule has 4 heteroatoms. The van der Waals surface area contributed by atoms with E-state index in [2.05, 4.69) is 45.1 Å². The predicted octanol–water partition coefficient (Wildman–Crippen LogP) is 5.22. The van der Waals surface area contributed by atoms with Gasteiger partial charge in [-0.25, -0.2) is 0 Å². The predicted molar refractivity (Wildman–Crippen MR) is 112 cm³/mol. The zero-order valence-corrected chi connectivity index (χ0v) is 17.3. The van der Waals surface area contributed by atoms with E-state index in [1.807, 2.05) is 6.92 Å². The molecule has 2 aromatic carbocycles. The molecule has 148 valence electrons. The van der Waals surface area contributed by atoms with Gasteiger partial charge in [-0.15, -0.1) is 0 Å². The second-order valence-electron chi connectivity index (χ2n) is 9.20. The Morgan fingerprint density at radius 2 is 1.50 bits per heavy atom. The number of carbonyl (C=O) groups is 2. The number of amides is 1. The number of aryl methyl sites for hydroxylation is 1. The smallest absolute Gasteiger partial charge is 0.307 e. The number of anilines is 1. The molecular formula is C24H29NO3. The van der Waals surface area contributed by atoms with Gasteiger partial charge in [-0.05, 0) is 71.0 Å². The second-order valence-corrected chi connectivity index (χ2v) is 9.20. The number of hydrogen-bond acceptors (Lipinski definition) is 2. The number of nitrogens with one attached hydrogen (secondary N) is 1. The molecule has 3 rings (SSSR count). The van der Waals surface area contributed by atoms with E-state index in [1.54, 1.807) is 24.3 Å². The fourth-order valence-corrected chi connectivity index (χ4v) is 4.05. The van der Waals surface area contributed by atoms with Gasteiger partial charge in [-0.2, -0.15) is 0 Å². The molecule has 0 aliphatic heterocycles. The van der Waals surface area contributed by atoms with E-state index < -0.39 is 5.97 Å². The largest absolute Gasteiger partial charge is 0.481 e. The van der Waals surface area contributed by atoms with Crippen molar-refractivity contribution in [3.8, 4) is 0 Å². The Labute approximate surface area is 167 Å². The first kappa shape index (κ1) is 20.1. The highest BCUT2D eigenvalue weighted by molar-refractivity contribution is 6.05. The van der Waals surface area contributed by atoms with E-state index in [-0.39, 0.29) is 23.2 Å². The van der Waals surface area contributed by atoms with Gasteiger partial charge in [0.2, 0.25) is 0 Å². The van der Waals surface area contributed by atoms with Crippen LogP contribution in [0.1, 0.15) is 73.1 Å². The molecule has 0 aromatic heterocycles. The fourth-order valence-electron chi connectivity index (χ4n) is 4.05. The molecule has 0 atom stereocenters. The fraction of sp³-hybridized carbons (Fsp3) is 0.417. The SMILES string of the molecule is Cc1cc2c(cc1C(=O)Nc1ccc(CC(=O)O)cc1)C(C)(C)CCC2(C)C. The maximum atomic E-state index is 13.0. The molecule has 0 spiro atoms. The highest BCUT2D eigenvalue weighted by Crippen LogP contribution is 2.46. The van der Waals surface area contributed by atoms with Crippen LogP contribution < -0.4 is 5.32 Å². The molecule has 0 saturated carbocycles. The number of aliphatic carboxylic acids is 1. The molecule has 4 nitrogen and oxygen atoms in total. The van der Waals surface area contributed by atoms with E-state index in [4.69, 9.17) is 5.11 Å². The summed E-state index contributed by atoms with van der Waals surface area (Å²) in [4.78, 5) is 23.8. The van der Waals surface area contributed by atoms with Crippen LogP contribution in [0.4, 0.5) is 5.69 Å². The lowest BCUT2D eigenvalue weighted by molar-refractivity contribution is -0.136. The van der Waals surface area contributed by atoms with E-state index in [1.165, 1.54) is 11.1 Å². The topological polar surface area (TPSA) is 66.4 Å².